The summed E-state index contributed by atoms with van der Waals surface area (Å²) in [5.74, 6) is 0.800. The van der Waals surface area contributed by atoms with E-state index in [9.17, 15) is 10.2 Å². The maximum Gasteiger partial charge on any atom is 0.123 e. The number of hydrogen-bond acceptors (Lipinski definition) is 5. The topological polar surface area (TPSA) is 65.0 Å². The van der Waals surface area contributed by atoms with Crippen molar-refractivity contribution in [1.29, 1.82) is 0 Å². The molecule has 1 aliphatic carbocycles. The predicted octanol–water partition coefficient (Wildman–Crippen LogP) is 3.27. The Balaban J connectivity index is 1.24. The highest BCUT2D eigenvalue weighted by Gasteiger charge is 2.28. The van der Waals surface area contributed by atoms with Gasteiger partial charge in [-0.2, -0.15) is 0 Å². The summed E-state index contributed by atoms with van der Waals surface area (Å²) in [6.07, 6.45) is 5.71. The normalized spacial score (nSPS) is 19.5. The number of nitrogens with one attached hydrogen (secondary N) is 1. The van der Waals surface area contributed by atoms with E-state index >= 15 is 0 Å². The minimum absolute atomic E-state index is 0.277. The molecule has 1 atom stereocenters. The molecular weight excluding hydrogens is 388 g/mol. The summed E-state index contributed by atoms with van der Waals surface area (Å²) in [7, 11) is 0. The van der Waals surface area contributed by atoms with Crippen LogP contribution in [0.1, 0.15) is 48.8 Å². The smallest absolute Gasteiger partial charge is 0.123 e. The molecule has 0 aromatic heterocycles. The first-order valence-corrected chi connectivity index (χ1v) is 11.7. The Morgan fingerprint density at radius 1 is 1.00 bits per heavy atom. The molecule has 0 amide bonds. The number of ether oxygens (including phenoxy) is 1. The average molecular weight is 425 g/mol. The molecular formula is C26H36N2O3. The lowest BCUT2D eigenvalue weighted by molar-refractivity contribution is 0.00461. The third kappa shape index (κ3) is 6.30. The largest absolute Gasteiger partial charge is 0.491 e. The molecule has 168 valence electrons. The Morgan fingerprint density at radius 3 is 2.58 bits per heavy atom. The molecule has 2 aromatic rings. The SMILES string of the molecule is OC(COc1ccccc1CNCC1(O)CCCCC1)CN1CCc2ccccc2C1. The summed E-state index contributed by atoms with van der Waals surface area (Å²) in [5, 5.41) is 24.7. The van der Waals surface area contributed by atoms with Crippen LogP contribution in [-0.4, -0.2) is 53.1 Å². The van der Waals surface area contributed by atoms with Crippen molar-refractivity contribution in [2.45, 2.75) is 63.3 Å². The molecule has 0 spiro atoms. The number of nitrogens with zero attached hydrogens (tertiary/aromatic N) is 1. The van der Waals surface area contributed by atoms with E-state index in [-0.39, 0.29) is 6.61 Å². The highest BCUT2D eigenvalue weighted by atomic mass is 16.5. The van der Waals surface area contributed by atoms with Gasteiger partial charge in [-0.3, -0.25) is 4.90 Å². The second-order valence-corrected chi connectivity index (χ2v) is 9.21. The number of aliphatic hydroxyl groups excluding tert-OH is 1. The molecule has 1 fully saturated rings. The number of fused-ring (bicyclic) bond motifs is 1. The zero-order valence-corrected chi connectivity index (χ0v) is 18.4. The van der Waals surface area contributed by atoms with Gasteiger partial charge in [0.25, 0.3) is 0 Å². The van der Waals surface area contributed by atoms with E-state index in [1.165, 1.54) is 17.5 Å². The first-order valence-electron chi connectivity index (χ1n) is 11.7. The van der Waals surface area contributed by atoms with Gasteiger partial charge in [-0.15, -0.1) is 0 Å². The van der Waals surface area contributed by atoms with E-state index in [4.69, 9.17) is 4.74 Å². The fraction of sp³-hybridized carbons (Fsp3) is 0.538. The summed E-state index contributed by atoms with van der Waals surface area (Å²) >= 11 is 0. The van der Waals surface area contributed by atoms with Crippen LogP contribution in [0.2, 0.25) is 0 Å². The van der Waals surface area contributed by atoms with E-state index in [2.05, 4.69) is 34.5 Å². The maximum absolute atomic E-state index is 10.7. The average Bonchev–Trinajstić information content (AvgIpc) is 2.79. The summed E-state index contributed by atoms with van der Waals surface area (Å²) in [6.45, 7) is 4.01. The zero-order chi connectivity index (χ0) is 21.5. The lowest BCUT2D eigenvalue weighted by Gasteiger charge is -2.32. The van der Waals surface area contributed by atoms with Crippen molar-refractivity contribution in [2.24, 2.45) is 0 Å². The van der Waals surface area contributed by atoms with Crippen LogP contribution in [-0.2, 0) is 19.5 Å². The van der Waals surface area contributed by atoms with E-state index < -0.39 is 11.7 Å². The van der Waals surface area contributed by atoms with Crippen molar-refractivity contribution in [3.05, 3.63) is 65.2 Å². The Labute approximate surface area is 186 Å². The molecule has 2 aromatic carbocycles. The number of rotatable bonds is 9. The van der Waals surface area contributed by atoms with Gasteiger partial charge in [-0.05, 0) is 36.5 Å². The highest BCUT2D eigenvalue weighted by Crippen LogP contribution is 2.27. The molecule has 31 heavy (non-hydrogen) atoms. The molecule has 0 saturated heterocycles. The van der Waals surface area contributed by atoms with Crippen molar-refractivity contribution in [3.63, 3.8) is 0 Å². The molecule has 4 rings (SSSR count). The van der Waals surface area contributed by atoms with Gasteiger partial charge >= 0.3 is 0 Å². The fourth-order valence-electron chi connectivity index (χ4n) is 4.85. The Hall–Kier alpha value is -1.92. The molecule has 2 aliphatic rings. The molecule has 3 N–H and O–H groups in total. The molecule has 5 heteroatoms. The quantitative estimate of drug-likeness (QED) is 0.577. The minimum Gasteiger partial charge on any atom is -0.491 e. The van der Waals surface area contributed by atoms with E-state index in [1.807, 2.05) is 24.3 Å². The highest BCUT2D eigenvalue weighted by molar-refractivity contribution is 5.33. The van der Waals surface area contributed by atoms with E-state index in [0.717, 1.165) is 56.5 Å². The van der Waals surface area contributed by atoms with Crippen LogP contribution in [0.3, 0.4) is 0 Å². The van der Waals surface area contributed by atoms with Crippen LogP contribution in [0.5, 0.6) is 5.75 Å². The van der Waals surface area contributed by atoms with Gasteiger partial charge in [0, 0.05) is 38.3 Å². The molecule has 1 saturated carbocycles. The van der Waals surface area contributed by atoms with Gasteiger partial charge in [0.15, 0.2) is 0 Å². The van der Waals surface area contributed by atoms with Crippen molar-refractivity contribution in [1.82, 2.24) is 10.2 Å². The van der Waals surface area contributed by atoms with Crippen LogP contribution in [0.4, 0.5) is 0 Å². The first kappa shape index (κ1) is 22.3. The van der Waals surface area contributed by atoms with Crippen LogP contribution < -0.4 is 10.1 Å². The molecule has 1 unspecified atom stereocenters. The third-order valence-corrected chi connectivity index (χ3v) is 6.64. The minimum atomic E-state index is -0.572. The van der Waals surface area contributed by atoms with Crippen molar-refractivity contribution in [2.75, 3.05) is 26.2 Å². The molecule has 5 nitrogen and oxygen atoms in total. The number of para-hydroxylation sites is 1. The molecule has 0 bridgehead atoms. The molecule has 1 heterocycles. The van der Waals surface area contributed by atoms with E-state index in [0.29, 0.717) is 19.6 Å². The van der Waals surface area contributed by atoms with Crippen LogP contribution in [0.25, 0.3) is 0 Å². The van der Waals surface area contributed by atoms with Gasteiger partial charge in [0.2, 0.25) is 0 Å². The second kappa shape index (κ2) is 10.6. The second-order valence-electron chi connectivity index (χ2n) is 9.21. The van der Waals surface area contributed by atoms with Crippen LogP contribution in [0.15, 0.2) is 48.5 Å². The molecule has 1 aliphatic heterocycles. The zero-order valence-electron chi connectivity index (χ0n) is 18.4. The molecule has 0 radical (unpaired) electrons. The van der Waals surface area contributed by atoms with E-state index in [1.54, 1.807) is 0 Å². The summed E-state index contributed by atoms with van der Waals surface area (Å²) in [5.41, 5.74) is 3.26. The number of aliphatic hydroxyl groups is 2. The first-order chi connectivity index (χ1) is 15.1. The summed E-state index contributed by atoms with van der Waals surface area (Å²) in [4.78, 5) is 2.30. The fourth-order valence-corrected chi connectivity index (χ4v) is 4.85. The van der Waals surface area contributed by atoms with Gasteiger partial charge in [0.1, 0.15) is 18.5 Å². The Kier molecular flexibility index (Phi) is 7.62. The van der Waals surface area contributed by atoms with Gasteiger partial charge in [-0.1, -0.05) is 61.7 Å². The Bertz CT molecular complexity index is 835. The van der Waals surface area contributed by atoms with Gasteiger partial charge in [-0.25, -0.2) is 0 Å². The monoisotopic (exact) mass is 424 g/mol. The third-order valence-electron chi connectivity index (χ3n) is 6.64. The van der Waals surface area contributed by atoms with Gasteiger partial charge in [0.05, 0.1) is 5.60 Å². The van der Waals surface area contributed by atoms with Crippen molar-refractivity contribution >= 4 is 0 Å². The van der Waals surface area contributed by atoms with Crippen LogP contribution in [0, 0.1) is 0 Å². The Morgan fingerprint density at radius 2 is 1.74 bits per heavy atom. The van der Waals surface area contributed by atoms with Gasteiger partial charge < -0.3 is 20.3 Å². The maximum atomic E-state index is 10.7. The predicted molar refractivity (Wildman–Crippen MR) is 123 cm³/mol. The lowest BCUT2D eigenvalue weighted by atomic mass is 9.85. The number of β-amino-alcohol motifs (C(OH)–C–C–N with tert-alkyl or cyclic N) is 1. The van der Waals surface area contributed by atoms with Crippen molar-refractivity contribution in [3.8, 4) is 5.75 Å². The summed E-state index contributed by atoms with van der Waals surface area (Å²) < 4.78 is 6.00. The number of benzene rings is 2. The van der Waals surface area contributed by atoms with Crippen LogP contribution >= 0.6 is 0 Å². The number of hydrogen-bond donors (Lipinski definition) is 3. The summed E-state index contributed by atoms with van der Waals surface area (Å²) in [6, 6.07) is 16.5. The van der Waals surface area contributed by atoms with Crippen molar-refractivity contribution < 1.29 is 14.9 Å². The standard InChI is InChI=1S/C26H36N2O3/c29-24(18-28-15-12-21-8-2-3-10-23(21)17-28)19-31-25-11-5-4-9-22(25)16-27-20-26(30)13-6-1-7-14-26/h2-5,8-11,24,27,29-30H,1,6-7,12-20H2. The lowest BCUT2D eigenvalue weighted by Crippen LogP contribution is -2.42.